The second kappa shape index (κ2) is 6.65. The van der Waals surface area contributed by atoms with E-state index < -0.39 is 12.2 Å². The van der Waals surface area contributed by atoms with Crippen LogP contribution in [0.15, 0.2) is 40.7 Å². The van der Waals surface area contributed by atoms with Gasteiger partial charge in [0.25, 0.3) is 5.91 Å². The Morgan fingerprint density at radius 2 is 1.68 bits per heavy atom. The van der Waals surface area contributed by atoms with Gasteiger partial charge in [0.05, 0.1) is 6.54 Å². The highest BCUT2D eigenvalue weighted by Crippen LogP contribution is 2.37. The van der Waals surface area contributed by atoms with E-state index >= 15 is 0 Å². The minimum Gasteiger partial charge on any atom is -0.315 e. The Labute approximate surface area is 165 Å². The summed E-state index contributed by atoms with van der Waals surface area (Å²) < 4.78 is 0. The van der Waals surface area contributed by atoms with Gasteiger partial charge in [0.1, 0.15) is 0 Å². The van der Waals surface area contributed by atoms with Crippen molar-refractivity contribution in [3.05, 3.63) is 46.8 Å². The number of hydrogen-bond acceptors (Lipinski definition) is 5. The van der Waals surface area contributed by atoms with Gasteiger partial charge >= 0.3 is 6.03 Å². The molecule has 0 bridgehead atoms. The van der Waals surface area contributed by atoms with Gasteiger partial charge in [0.2, 0.25) is 5.96 Å². The molecule has 4 rings (SSSR count). The molecule has 2 atom stereocenters. The Morgan fingerprint density at radius 3 is 2.32 bits per heavy atom. The number of amides is 3. The summed E-state index contributed by atoms with van der Waals surface area (Å²) in [4.78, 5) is 38.3. The average molecular weight is 381 g/mol. The van der Waals surface area contributed by atoms with Crippen molar-refractivity contribution in [3.8, 4) is 0 Å². The highest BCUT2D eigenvalue weighted by molar-refractivity contribution is 6.05. The van der Waals surface area contributed by atoms with Crippen LogP contribution in [0, 0.1) is 6.92 Å². The number of rotatable bonds is 4. The van der Waals surface area contributed by atoms with Crippen LogP contribution in [0.2, 0.25) is 0 Å². The number of carbonyl (C=O) groups excluding carboxylic acids is 2. The van der Waals surface area contributed by atoms with E-state index in [1.54, 1.807) is 11.9 Å². The highest BCUT2D eigenvalue weighted by atomic mass is 16.2. The first-order valence-electron chi connectivity index (χ1n) is 9.81. The minimum absolute atomic E-state index is 0.182. The smallest absolute Gasteiger partial charge is 0.315 e. The molecule has 1 fully saturated rings. The average Bonchev–Trinajstić information content (AvgIpc) is 3.17. The number of benzene rings is 1. The number of aliphatic imine (C=N–C) groups is 1. The lowest BCUT2D eigenvalue weighted by atomic mass is 10.1. The number of hydrogen-bond donors (Lipinski definition) is 0. The number of nitrogens with zero attached hydrogens (tertiary/aromatic N) is 5. The summed E-state index contributed by atoms with van der Waals surface area (Å²) in [6, 6.07) is 7.13. The SMILES string of the molecule is CCCN1C2=NC3C(C(=O)N(Cc4ccc(C)cc4)C(=O)N3C)N2C(C)=C1C. The van der Waals surface area contributed by atoms with E-state index in [0.717, 1.165) is 41.4 Å². The molecule has 1 aromatic rings. The summed E-state index contributed by atoms with van der Waals surface area (Å²) in [7, 11) is 1.73. The lowest BCUT2D eigenvalue weighted by molar-refractivity contribution is -0.137. The van der Waals surface area contributed by atoms with Crippen LogP contribution >= 0.6 is 0 Å². The number of allylic oxidation sites excluding steroid dienone is 2. The zero-order chi connectivity index (χ0) is 20.2. The first kappa shape index (κ1) is 18.5. The molecule has 0 radical (unpaired) electrons. The number of imide groups is 1. The summed E-state index contributed by atoms with van der Waals surface area (Å²) in [5.74, 6) is 0.606. The van der Waals surface area contributed by atoms with Crippen LogP contribution in [0.1, 0.15) is 38.3 Å². The number of carbonyl (C=O) groups is 2. The molecule has 1 saturated heterocycles. The molecule has 3 aliphatic rings. The van der Waals surface area contributed by atoms with Crippen molar-refractivity contribution < 1.29 is 9.59 Å². The van der Waals surface area contributed by atoms with E-state index in [0.29, 0.717) is 0 Å². The number of aryl methyl sites for hydroxylation is 1. The van der Waals surface area contributed by atoms with Gasteiger partial charge in [-0.05, 0) is 32.8 Å². The summed E-state index contributed by atoms with van der Waals surface area (Å²) in [5, 5.41) is 0. The van der Waals surface area contributed by atoms with E-state index in [2.05, 4.69) is 18.7 Å². The van der Waals surface area contributed by atoms with E-state index in [1.165, 1.54) is 4.90 Å². The van der Waals surface area contributed by atoms with Crippen molar-refractivity contribution in [2.75, 3.05) is 13.6 Å². The van der Waals surface area contributed by atoms with Gasteiger partial charge in [0.15, 0.2) is 12.2 Å². The van der Waals surface area contributed by atoms with Crippen LogP contribution in [0.3, 0.4) is 0 Å². The van der Waals surface area contributed by atoms with Crippen LogP contribution in [-0.2, 0) is 11.3 Å². The van der Waals surface area contributed by atoms with Crippen molar-refractivity contribution in [1.82, 2.24) is 19.6 Å². The monoisotopic (exact) mass is 381 g/mol. The fourth-order valence-corrected chi connectivity index (χ4v) is 4.19. The number of fused-ring (bicyclic) bond motifs is 3. The van der Waals surface area contributed by atoms with Crippen LogP contribution in [0.25, 0.3) is 0 Å². The molecule has 2 unspecified atom stereocenters. The third-order valence-corrected chi connectivity index (χ3v) is 5.91. The summed E-state index contributed by atoms with van der Waals surface area (Å²) in [6.45, 7) is 9.34. The van der Waals surface area contributed by atoms with Gasteiger partial charge in [-0.2, -0.15) is 0 Å². The largest absolute Gasteiger partial charge is 0.328 e. The second-order valence-corrected chi connectivity index (χ2v) is 7.78. The van der Waals surface area contributed by atoms with E-state index in [-0.39, 0.29) is 18.5 Å². The van der Waals surface area contributed by atoms with Gasteiger partial charge < -0.3 is 9.80 Å². The summed E-state index contributed by atoms with van der Waals surface area (Å²) >= 11 is 0. The van der Waals surface area contributed by atoms with Crippen LogP contribution in [-0.4, -0.2) is 63.3 Å². The molecule has 28 heavy (non-hydrogen) atoms. The molecule has 0 spiro atoms. The lowest BCUT2D eigenvalue weighted by Gasteiger charge is -2.40. The normalized spacial score (nSPS) is 24.2. The molecular formula is C21H27N5O2. The highest BCUT2D eigenvalue weighted by Gasteiger charge is 2.55. The summed E-state index contributed by atoms with van der Waals surface area (Å²) in [6.07, 6.45) is 0.501. The standard InChI is InChI=1S/C21H27N5O2/c1-6-11-24-14(3)15(4)26-17-18(22-20(24)26)23(5)21(28)25(19(17)27)12-16-9-7-13(2)8-10-16/h7-10,17-18H,6,11-12H2,1-5H3. The van der Waals surface area contributed by atoms with Crippen molar-refractivity contribution >= 4 is 17.9 Å². The Kier molecular flexibility index (Phi) is 4.40. The fourth-order valence-electron chi connectivity index (χ4n) is 4.19. The maximum atomic E-state index is 13.4. The molecule has 3 amide bonds. The molecule has 0 aromatic heterocycles. The van der Waals surface area contributed by atoms with E-state index in [1.807, 2.05) is 43.0 Å². The molecule has 0 aliphatic carbocycles. The molecule has 0 saturated carbocycles. The molecular weight excluding hydrogens is 354 g/mol. The predicted molar refractivity (Wildman–Crippen MR) is 107 cm³/mol. The van der Waals surface area contributed by atoms with E-state index in [9.17, 15) is 9.59 Å². The first-order valence-corrected chi connectivity index (χ1v) is 9.81. The van der Waals surface area contributed by atoms with Crippen LogP contribution in [0.5, 0.6) is 0 Å². The second-order valence-electron chi connectivity index (χ2n) is 7.78. The fraction of sp³-hybridized carbons (Fsp3) is 0.476. The minimum atomic E-state index is -0.500. The topological polar surface area (TPSA) is 59.5 Å². The Morgan fingerprint density at radius 1 is 1.00 bits per heavy atom. The first-order chi connectivity index (χ1) is 13.3. The molecule has 7 heteroatoms. The summed E-state index contributed by atoms with van der Waals surface area (Å²) in [5.41, 5.74) is 4.24. The van der Waals surface area contributed by atoms with Gasteiger partial charge in [-0.1, -0.05) is 36.8 Å². The van der Waals surface area contributed by atoms with Gasteiger partial charge in [-0.15, -0.1) is 0 Å². The molecule has 1 aromatic carbocycles. The molecule has 148 valence electrons. The van der Waals surface area contributed by atoms with Crippen LogP contribution < -0.4 is 0 Å². The van der Waals surface area contributed by atoms with Gasteiger partial charge in [-0.3, -0.25) is 14.6 Å². The number of urea groups is 1. The number of likely N-dealkylation sites (N-methyl/N-ethyl adjacent to an activating group) is 1. The van der Waals surface area contributed by atoms with Crippen molar-refractivity contribution in [2.45, 2.75) is 52.9 Å². The number of guanidine groups is 1. The lowest BCUT2D eigenvalue weighted by Crippen LogP contribution is -2.64. The Balaban J connectivity index is 1.66. The van der Waals surface area contributed by atoms with Crippen molar-refractivity contribution in [1.29, 1.82) is 0 Å². The van der Waals surface area contributed by atoms with Crippen molar-refractivity contribution in [2.24, 2.45) is 4.99 Å². The predicted octanol–water partition coefficient (Wildman–Crippen LogP) is 2.73. The Hall–Kier alpha value is -2.83. The quantitative estimate of drug-likeness (QED) is 0.805. The zero-order valence-corrected chi connectivity index (χ0v) is 17.1. The van der Waals surface area contributed by atoms with Crippen LogP contribution in [0.4, 0.5) is 4.79 Å². The van der Waals surface area contributed by atoms with Crippen molar-refractivity contribution in [3.63, 3.8) is 0 Å². The maximum Gasteiger partial charge on any atom is 0.328 e. The zero-order valence-electron chi connectivity index (χ0n) is 17.1. The molecule has 3 aliphatic heterocycles. The molecule has 0 N–H and O–H groups in total. The van der Waals surface area contributed by atoms with Gasteiger partial charge in [-0.25, -0.2) is 9.79 Å². The van der Waals surface area contributed by atoms with E-state index in [4.69, 9.17) is 4.99 Å². The molecule has 7 nitrogen and oxygen atoms in total. The molecule has 3 heterocycles. The maximum absolute atomic E-state index is 13.4. The third-order valence-electron chi connectivity index (χ3n) is 5.91. The van der Waals surface area contributed by atoms with Gasteiger partial charge in [0, 0.05) is 25.0 Å². The third kappa shape index (κ3) is 2.60. The Bertz CT molecular complexity index is 889.